The minimum atomic E-state index is -0.442. The van der Waals surface area contributed by atoms with Crippen LogP contribution in [-0.4, -0.2) is 23.9 Å². The van der Waals surface area contributed by atoms with Gasteiger partial charge in [0.05, 0.1) is 21.7 Å². The second kappa shape index (κ2) is 28.7. The van der Waals surface area contributed by atoms with Crippen molar-refractivity contribution >= 4 is 99.7 Å². The summed E-state index contributed by atoms with van der Waals surface area (Å²) in [5.74, 6) is -0.589. The largest absolute Gasteiger partial charge is 0.460 e. The Morgan fingerprint density at radius 3 is 1.13 bits per heavy atom. The Morgan fingerprint density at radius 1 is 0.395 bits per heavy atom. The summed E-state index contributed by atoms with van der Waals surface area (Å²) in [6, 6.07) is 43.8. The lowest BCUT2D eigenvalue weighted by Gasteiger charge is -2.20. The highest BCUT2D eigenvalue weighted by Crippen LogP contribution is 2.31. The van der Waals surface area contributed by atoms with Gasteiger partial charge in [0.2, 0.25) is 0 Å². The van der Waals surface area contributed by atoms with Gasteiger partial charge in [0.25, 0.3) is 0 Å². The SMILES string of the molecule is CCC(C)(C)C(=O)OCc1ccc(Br)cc1.CCC(C)(C)C(=O)OCc1cccc2c(Br)cccc12.CCC(C)(C)C(=O)OCc1cccc2c(C)cccc12.CCC(C)(C)C(=O)OCc1cccc2c(Cl)cccc12. The molecule has 7 aromatic rings. The van der Waals surface area contributed by atoms with Gasteiger partial charge < -0.3 is 18.9 Å². The first-order chi connectivity index (χ1) is 35.8. The highest BCUT2D eigenvalue weighted by molar-refractivity contribution is 9.11. The number of esters is 4. The van der Waals surface area contributed by atoms with Gasteiger partial charge in [0, 0.05) is 19.4 Å². The molecule has 0 aromatic heterocycles. The molecule has 8 nitrogen and oxygen atoms in total. The molecule has 0 saturated carbocycles. The number of halogens is 3. The normalized spacial score (nSPS) is 11.5. The maximum absolute atomic E-state index is 12.0. The van der Waals surface area contributed by atoms with Crippen LogP contribution >= 0.6 is 43.5 Å². The van der Waals surface area contributed by atoms with Crippen molar-refractivity contribution in [2.24, 2.45) is 21.7 Å². The van der Waals surface area contributed by atoms with Crippen molar-refractivity contribution in [3.8, 4) is 0 Å². The third-order valence-corrected chi connectivity index (χ3v) is 15.8. The molecule has 0 aliphatic heterocycles. The van der Waals surface area contributed by atoms with Crippen LogP contribution in [0.1, 0.15) is 137 Å². The van der Waals surface area contributed by atoms with Crippen LogP contribution in [0.15, 0.2) is 142 Å². The number of carbonyl (C=O) groups excluding carboxylic acids is 4. The van der Waals surface area contributed by atoms with E-state index in [1.807, 2.05) is 192 Å². The van der Waals surface area contributed by atoms with E-state index >= 15 is 0 Å². The molecule has 406 valence electrons. The minimum Gasteiger partial charge on any atom is -0.460 e. The highest BCUT2D eigenvalue weighted by Gasteiger charge is 2.30. The molecule has 0 spiro atoms. The number of ether oxygens (including phenoxy) is 4. The van der Waals surface area contributed by atoms with E-state index in [1.54, 1.807) is 0 Å². The average molecular weight is 1180 g/mol. The Balaban J connectivity index is 0.000000220. The fourth-order valence-electron chi connectivity index (χ4n) is 7.10. The van der Waals surface area contributed by atoms with Crippen LogP contribution in [0.4, 0.5) is 0 Å². The van der Waals surface area contributed by atoms with E-state index in [2.05, 4.69) is 63.0 Å². The number of hydrogen-bond donors (Lipinski definition) is 0. The molecule has 11 heteroatoms. The Kier molecular flexibility index (Phi) is 23.8. The van der Waals surface area contributed by atoms with E-state index in [0.717, 1.165) is 83.8 Å². The summed E-state index contributed by atoms with van der Waals surface area (Å²) in [5, 5.41) is 7.36. The maximum Gasteiger partial charge on any atom is 0.311 e. The topological polar surface area (TPSA) is 105 Å². The summed E-state index contributed by atoms with van der Waals surface area (Å²) in [4.78, 5) is 47.8. The summed E-state index contributed by atoms with van der Waals surface area (Å²) in [6.45, 7) is 26.6. The predicted molar refractivity (Wildman–Crippen MR) is 319 cm³/mol. The minimum absolute atomic E-state index is 0.135. The first-order valence-corrected chi connectivity index (χ1v) is 28.0. The van der Waals surface area contributed by atoms with Gasteiger partial charge in [-0.2, -0.15) is 0 Å². The number of rotatable bonds is 16. The lowest BCUT2D eigenvalue weighted by atomic mass is 9.91. The van der Waals surface area contributed by atoms with Gasteiger partial charge in [-0.1, -0.05) is 180 Å². The van der Waals surface area contributed by atoms with Crippen LogP contribution < -0.4 is 0 Å². The zero-order chi connectivity index (χ0) is 56.4. The third-order valence-electron chi connectivity index (χ3n) is 14.3. The van der Waals surface area contributed by atoms with Crippen LogP contribution in [0.5, 0.6) is 0 Å². The maximum atomic E-state index is 12.0. The number of fused-ring (bicyclic) bond motifs is 3. The van der Waals surface area contributed by atoms with Gasteiger partial charge in [-0.05, 0) is 167 Å². The van der Waals surface area contributed by atoms with E-state index < -0.39 is 21.7 Å². The molecule has 7 rings (SSSR count). The monoisotopic (exact) mass is 1180 g/mol. The molecular weight excluding hydrogens is 1100 g/mol. The highest BCUT2D eigenvalue weighted by atomic mass is 79.9. The molecule has 0 amide bonds. The zero-order valence-electron chi connectivity index (χ0n) is 46.8. The smallest absolute Gasteiger partial charge is 0.311 e. The molecule has 0 N–H and O–H groups in total. The van der Waals surface area contributed by atoms with Crippen molar-refractivity contribution in [2.75, 3.05) is 0 Å². The van der Waals surface area contributed by atoms with Gasteiger partial charge in [-0.15, -0.1) is 0 Å². The van der Waals surface area contributed by atoms with Crippen LogP contribution in [0.2, 0.25) is 5.02 Å². The van der Waals surface area contributed by atoms with Crippen molar-refractivity contribution in [1.29, 1.82) is 0 Å². The second-order valence-electron chi connectivity index (χ2n) is 21.5. The molecule has 0 fully saturated rings. The summed E-state index contributed by atoms with van der Waals surface area (Å²) < 4.78 is 23.8. The van der Waals surface area contributed by atoms with Crippen LogP contribution in [-0.2, 0) is 64.6 Å². The van der Waals surface area contributed by atoms with Gasteiger partial charge in [0.1, 0.15) is 26.4 Å². The lowest BCUT2D eigenvalue weighted by molar-refractivity contribution is -0.156. The van der Waals surface area contributed by atoms with Crippen molar-refractivity contribution in [1.82, 2.24) is 0 Å². The van der Waals surface area contributed by atoms with Crippen molar-refractivity contribution in [3.63, 3.8) is 0 Å². The summed E-state index contributed by atoms with van der Waals surface area (Å²) in [7, 11) is 0. The summed E-state index contributed by atoms with van der Waals surface area (Å²) in [6.07, 6.45) is 3.09. The molecule has 0 saturated heterocycles. The number of benzene rings is 7. The molecule has 7 aromatic carbocycles. The number of aryl methyl sites for hydroxylation is 1. The van der Waals surface area contributed by atoms with Crippen LogP contribution in [0.3, 0.4) is 0 Å². The Bertz CT molecular complexity index is 2800. The van der Waals surface area contributed by atoms with Crippen molar-refractivity contribution < 1.29 is 38.1 Å². The van der Waals surface area contributed by atoms with Gasteiger partial charge in [-0.3, -0.25) is 19.2 Å². The van der Waals surface area contributed by atoms with E-state index in [9.17, 15) is 19.2 Å². The number of carbonyl (C=O) groups is 4. The Hall–Kier alpha value is -5.55. The molecule has 0 atom stereocenters. The Labute approximate surface area is 473 Å². The molecular formula is C65H77Br2ClO8. The first kappa shape index (κ1) is 63.0. The molecule has 0 aliphatic rings. The van der Waals surface area contributed by atoms with Crippen molar-refractivity contribution in [3.05, 3.63) is 175 Å². The molecule has 76 heavy (non-hydrogen) atoms. The van der Waals surface area contributed by atoms with E-state index in [4.69, 9.17) is 30.5 Å². The average Bonchev–Trinajstić information content (AvgIpc) is 3.41. The lowest BCUT2D eigenvalue weighted by Crippen LogP contribution is -2.25. The van der Waals surface area contributed by atoms with E-state index in [0.29, 0.717) is 24.8 Å². The Morgan fingerprint density at radius 2 is 0.711 bits per heavy atom. The predicted octanol–water partition coefficient (Wildman–Crippen LogP) is 18.6. The summed E-state index contributed by atoms with van der Waals surface area (Å²) in [5.41, 5.74) is 3.64. The van der Waals surface area contributed by atoms with Gasteiger partial charge in [-0.25, -0.2) is 0 Å². The van der Waals surface area contributed by atoms with Gasteiger partial charge >= 0.3 is 23.9 Å². The van der Waals surface area contributed by atoms with E-state index in [-0.39, 0.29) is 30.5 Å². The van der Waals surface area contributed by atoms with Crippen molar-refractivity contribution in [2.45, 2.75) is 142 Å². The quantitative estimate of drug-likeness (QED) is 0.0696. The molecule has 0 unspecified atom stereocenters. The standard InChI is InChI=1S/C18H22O2.C17H19BrO2.C17H19ClO2.C13H17BrO2/c1-5-18(3,4)17(19)20-12-14-9-7-10-15-13(2)8-6-11-16(14)15;2*1-4-17(2,3)16(19)20-11-12-7-5-9-14-13(12)8-6-10-15(14)18;1-4-13(2,3)12(15)16-9-10-5-7-11(14)8-6-10/h6-11H,5,12H2,1-4H3;2*5-10H,4,11H2,1-3H3;5-8H,4,9H2,1-3H3. The first-order valence-electron chi connectivity index (χ1n) is 26.0. The zero-order valence-corrected chi connectivity index (χ0v) is 50.7. The molecule has 0 aliphatic carbocycles. The fourth-order valence-corrected chi connectivity index (χ4v) is 8.10. The van der Waals surface area contributed by atoms with E-state index in [1.165, 1.54) is 10.9 Å². The molecule has 0 heterocycles. The van der Waals surface area contributed by atoms with Crippen LogP contribution in [0, 0.1) is 28.6 Å². The summed E-state index contributed by atoms with van der Waals surface area (Å²) >= 11 is 13.1. The van der Waals surface area contributed by atoms with Gasteiger partial charge in [0.15, 0.2) is 0 Å². The molecule has 0 bridgehead atoms. The second-order valence-corrected chi connectivity index (χ2v) is 23.6. The fraction of sp³-hybridized carbons (Fsp3) is 0.385. The number of hydrogen-bond acceptors (Lipinski definition) is 8. The van der Waals surface area contributed by atoms with Crippen LogP contribution in [0.25, 0.3) is 32.3 Å². The third kappa shape index (κ3) is 17.8. The molecule has 0 radical (unpaired) electrons.